The summed E-state index contributed by atoms with van der Waals surface area (Å²) in [5.74, 6) is 0.0707. The number of aryl methyl sites for hydroxylation is 2. The molecule has 1 amide bonds. The standard InChI is InChI=1S/C17H24N2O3/c1-4-21-15-5-6-22-17(9-15)10-19(11-17)16(20)14-7-12(2)18-13(3)8-14/h7-8,15H,4-6,9-11H2,1-3H3/t15-/m0/s1. The molecule has 0 aromatic carbocycles. The Morgan fingerprint density at radius 2 is 2.09 bits per heavy atom. The van der Waals surface area contributed by atoms with Gasteiger partial charge in [-0.25, -0.2) is 0 Å². The maximum Gasteiger partial charge on any atom is 0.254 e. The van der Waals surface area contributed by atoms with Crippen molar-refractivity contribution in [3.8, 4) is 0 Å². The zero-order valence-corrected chi connectivity index (χ0v) is 13.6. The van der Waals surface area contributed by atoms with Crippen LogP contribution in [0.3, 0.4) is 0 Å². The Balaban J connectivity index is 1.63. The van der Waals surface area contributed by atoms with Crippen LogP contribution in [-0.4, -0.2) is 53.8 Å². The Kier molecular flexibility index (Phi) is 4.19. The van der Waals surface area contributed by atoms with Gasteiger partial charge >= 0.3 is 0 Å². The van der Waals surface area contributed by atoms with Crippen LogP contribution in [0.15, 0.2) is 12.1 Å². The molecule has 5 heteroatoms. The number of pyridine rings is 1. The molecule has 22 heavy (non-hydrogen) atoms. The molecule has 2 aliphatic heterocycles. The fraction of sp³-hybridized carbons (Fsp3) is 0.647. The zero-order chi connectivity index (χ0) is 15.7. The molecule has 120 valence electrons. The highest BCUT2D eigenvalue weighted by Gasteiger charge is 2.49. The predicted molar refractivity (Wildman–Crippen MR) is 82.9 cm³/mol. The van der Waals surface area contributed by atoms with E-state index in [1.165, 1.54) is 0 Å². The second-order valence-corrected chi connectivity index (χ2v) is 6.40. The molecule has 0 N–H and O–H groups in total. The smallest absolute Gasteiger partial charge is 0.254 e. The molecule has 2 saturated heterocycles. The minimum absolute atomic E-state index is 0.0707. The molecule has 0 radical (unpaired) electrons. The van der Waals surface area contributed by atoms with E-state index in [9.17, 15) is 4.79 Å². The summed E-state index contributed by atoms with van der Waals surface area (Å²) in [7, 11) is 0. The minimum Gasteiger partial charge on any atom is -0.378 e. The second kappa shape index (κ2) is 5.97. The lowest BCUT2D eigenvalue weighted by Gasteiger charge is -2.53. The zero-order valence-electron chi connectivity index (χ0n) is 13.6. The van der Waals surface area contributed by atoms with Crippen LogP contribution < -0.4 is 0 Å². The van der Waals surface area contributed by atoms with Crippen LogP contribution in [0.5, 0.6) is 0 Å². The van der Waals surface area contributed by atoms with E-state index in [2.05, 4.69) is 4.98 Å². The van der Waals surface area contributed by atoms with Gasteiger partial charge in [0, 0.05) is 36.6 Å². The maximum atomic E-state index is 12.6. The fourth-order valence-electron chi connectivity index (χ4n) is 3.51. The van der Waals surface area contributed by atoms with E-state index < -0.39 is 0 Å². The number of aromatic nitrogens is 1. The van der Waals surface area contributed by atoms with Gasteiger partial charge in [0.15, 0.2) is 0 Å². The number of carbonyl (C=O) groups is 1. The Morgan fingerprint density at radius 1 is 1.41 bits per heavy atom. The summed E-state index contributed by atoms with van der Waals surface area (Å²) in [4.78, 5) is 18.8. The summed E-state index contributed by atoms with van der Waals surface area (Å²) in [6, 6.07) is 3.70. The van der Waals surface area contributed by atoms with Gasteiger partial charge in [0.2, 0.25) is 0 Å². The number of carbonyl (C=O) groups excluding carboxylic acids is 1. The summed E-state index contributed by atoms with van der Waals surface area (Å²) in [5.41, 5.74) is 2.29. The molecule has 0 saturated carbocycles. The van der Waals surface area contributed by atoms with E-state index >= 15 is 0 Å². The SMILES string of the molecule is CCO[C@H]1CCOC2(C1)CN(C(=O)c1cc(C)nc(C)c1)C2. The first-order valence-electron chi connectivity index (χ1n) is 8.01. The lowest BCUT2D eigenvalue weighted by molar-refractivity contribution is -0.185. The molecular formula is C17H24N2O3. The number of likely N-dealkylation sites (tertiary alicyclic amines) is 1. The summed E-state index contributed by atoms with van der Waals surface area (Å²) in [6.45, 7) is 8.63. The van der Waals surface area contributed by atoms with Gasteiger partial charge in [-0.15, -0.1) is 0 Å². The van der Waals surface area contributed by atoms with Gasteiger partial charge in [-0.05, 0) is 39.3 Å². The number of ether oxygens (including phenoxy) is 2. The van der Waals surface area contributed by atoms with Crippen molar-refractivity contribution >= 4 is 5.91 Å². The largest absolute Gasteiger partial charge is 0.378 e. The van der Waals surface area contributed by atoms with E-state index in [0.29, 0.717) is 13.1 Å². The van der Waals surface area contributed by atoms with Crippen molar-refractivity contribution in [1.29, 1.82) is 0 Å². The summed E-state index contributed by atoms with van der Waals surface area (Å²) in [6.07, 6.45) is 2.10. The monoisotopic (exact) mass is 304 g/mol. The summed E-state index contributed by atoms with van der Waals surface area (Å²) < 4.78 is 11.7. The highest BCUT2D eigenvalue weighted by Crippen LogP contribution is 2.36. The molecule has 2 fully saturated rings. The Labute approximate surface area is 131 Å². The van der Waals surface area contributed by atoms with Crippen LogP contribution in [-0.2, 0) is 9.47 Å². The number of rotatable bonds is 3. The highest BCUT2D eigenvalue weighted by molar-refractivity contribution is 5.95. The minimum atomic E-state index is -0.190. The van der Waals surface area contributed by atoms with E-state index in [0.717, 1.165) is 43.0 Å². The first-order chi connectivity index (χ1) is 10.5. The molecule has 5 nitrogen and oxygen atoms in total. The van der Waals surface area contributed by atoms with E-state index in [1.807, 2.05) is 37.8 Å². The van der Waals surface area contributed by atoms with Gasteiger partial charge in [-0.2, -0.15) is 0 Å². The van der Waals surface area contributed by atoms with Gasteiger partial charge < -0.3 is 14.4 Å². The third kappa shape index (κ3) is 3.01. The average Bonchev–Trinajstić information content (AvgIpc) is 2.43. The lowest BCUT2D eigenvalue weighted by atomic mass is 9.84. The van der Waals surface area contributed by atoms with Crippen molar-refractivity contribution in [3.05, 3.63) is 29.1 Å². The van der Waals surface area contributed by atoms with Crippen molar-refractivity contribution in [2.24, 2.45) is 0 Å². The van der Waals surface area contributed by atoms with E-state index in [1.54, 1.807) is 0 Å². The Hall–Kier alpha value is -1.46. The normalized spacial score (nSPS) is 23.4. The number of nitrogens with zero attached hydrogens (tertiary/aromatic N) is 2. The highest BCUT2D eigenvalue weighted by atomic mass is 16.5. The van der Waals surface area contributed by atoms with Gasteiger partial charge in [0.25, 0.3) is 5.91 Å². The molecule has 1 spiro atoms. The topological polar surface area (TPSA) is 51.7 Å². The predicted octanol–water partition coefficient (Wildman–Crippen LogP) is 2.11. The van der Waals surface area contributed by atoms with Crippen molar-refractivity contribution in [1.82, 2.24) is 9.88 Å². The number of hydrogen-bond acceptors (Lipinski definition) is 4. The first-order valence-corrected chi connectivity index (χ1v) is 8.01. The van der Waals surface area contributed by atoms with Crippen molar-refractivity contribution < 1.29 is 14.3 Å². The second-order valence-electron chi connectivity index (χ2n) is 6.40. The third-order valence-corrected chi connectivity index (χ3v) is 4.42. The van der Waals surface area contributed by atoms with Crippen LogP contribution in [0.25, 0.3) is 0 Å². The van der Waals surface area contributed by atoms with Crippen LogP contribution in [0.2, 0.25) is 0 Å². The van der Waals surface area contributed by atoms with Gasteiger partial charge in [-0.3, -0.25) is 9.78 Å². The number of hydrogen-bond donors (Lipinski definition) is 0. The molecule has 0 bridgehead atoms. The Morgan fingerprint density at radius 3 is 2.73 bits per heavy atom. The van der Waals surface area contributed by atoms with Gasteiger partial charge in [-0.1, -0.05) is 0 Å². The molecular weight excluding hydrogens is 280 g/mol. The van der Waals surface area contributed by atoms with Crippen molar-refractivity contribution in [2.75, 3.05) is 26.3 Å². The van der Waals surface area contributed by atoms with Crippen LogP contribution in [0.1, 0.15) is 41.5 Å². The van der Waals surface area contributed by atoms with Gasteiger partial charge in [0.1, 0.15) is 5.60 Å². The maximum absolute atomic E-state index is 12.6. The molecule has 2 aliphatic rings. The molecule has 3 heterocycles. The molecule has 0 aliphatic carbocycles. The molecule has 1 atom stereocenters. The third-order valence-electron chi connectivity index (χ3n) is 4.42. The average molecular weight is 304 g/mol. The molecule has 0 unspecified atom stereocenters. The van der Waals surface area contributed by atoms with Gasteiger partial charge in [0.05, 0.1) is 19.2 Å². The Bertz CT molecular complexity index is 545. The van der Waals surface area contributed by atoms with Crippen molar-refractivity contribution in [3.63, 3.8) is 0 Å². The first kappa shape index (κ1) is 15.4. The number of amides is 1. The van der Waals surface area contributed by atoms with Crippen LogP contribution in [0, 0.1) is 13.8 Å². The quantitative estimate of drug-likeness (QED) is 0.858. The molecule has 3 rings (SSSR count). The summed E-state index contributed by atoms with van der Waals surface area (Å²) in [5, 5.41) is 0. The molecule has 1 aromatic rings. The molecule has 1 aromatic heterocycles. The fourth-order valence-corrected chi connectivity index (χ4v) is 3.51. The summed E-state index contributed by atoms with van der Waals surface area (Å²) >= 11 is 0. The van der Waals surface area contributed by atoms with Crippen LogP contribution >= 0.6 is 0 Å². The van der Waals surface area contributed by atoms with E-state index in [4.69, 9.17) is 9.47 Å². The lowest BCUT2D eigenvalue weighted by Crippen LogP contribution is -2.67. The van der Waals surface area contributed by atoms with Crippen molar-refractivity contribution in [2.45, 2.75) is 45.3 Å². The van der Waals surface area contributed by atoms with E-state index in [-0.39, 0.29) is 17.6 Å². The van der Waals surface area contributed by atoms with Crippen LogP contribution in [0.4, 0.5) is 0 Å².